The predicted molar refractivity (Wildman–Crippen MR) is 58.0 cm³/mol. The highest BCUT2D eigenvalue weighted by molar-refractivity contribution is 5.93. The quantitative estimate of drug-likeness (QED) is 0.696. The molecule has 1 atom stereocenters. The molecule has 2 heterocycles. The van der Waals surface area contributed by atoms with Gasteiger partial charge in [0.1, 0.15) is 6.42 Å². The number of carboxylic acid groups (broad SMARTS) is 1. The summed E-state index contributed by atoms with van der Waals surface area (Å²) in [4.78, 5) is 26.1. The third-order valence-corrected chi connectivity index (χ3v) is 3.48. The van der Waals surface area contributed by atoms with Crippen molar-refractivity contribution in [3.8, 4) is 0 Å². The molecule has 2 aliphatic rings. The van der Waals surface area contributed by atoms with Crippen LogP contribution in [0.25, 0.3) is 0 Å². The largest absolute Gasteiger partial charge is 0.481 e. The van der Waals surface area contributed by atoms with Crippen LogP contribution in [0.5, 0.6) is 0 Å². The van der Waals surface area contributed by atoms with Crippen molar-refractivity contribution < 1.29 is 14.7 Å². The molecular formula is C11H18N2O3. The van der Waals surface area contributed by atoms with Crippen LogP contribution in [0.3, 0.4) is 0 Å². The summed E-state index contributed by atoms with van der Waals surface area (Å²) < 4.78 is 0. The molecule has 90 valence electrons. The smallest absolute Gasteiger partial charge is 0.312 e. The highest BCUT2D eigenvalue weighted by Crippen LogP contribution is 2.20. The average Bonchev–Trinajstić information content (AvgIpc) is 2.87. The van der Waals surface area contributed by atoms with Crippen LogP contribution in [-0.2, 0) is 9.59 Å². The molecule has 0 aromatic heterocycles. The van der Waals surface area contributed by atoms with E-state index < -0.39 is 5.97 Å². The first kappa shape index (κ1) is 11.4. The summed E-state index contributed by atoms with van der Waals surface area (Å²) in [5.74, 6) is -1.27. The zero-order chi connectivity index (χ0) is 11.5. The maximum absolute atomic E-state index is 11.5. The van der Waals surface area contributed by atoms with Crippen LogP contribution >= 0.6 is 0 Å². The van der Waals surface area contributed by atoms with E-state index in [1.807, 2.05) is 0 Å². The predicted octanol–water partition coefficient (Wildman–Crippen LogP) is 0.158. The lowest BCUT2D eigenvalue weighted by Gasteiger charge is -2.23. The third kappa shape index (κ3) is 2.52. The second kappa shape index (κ2) is 4.82. The van der Waals surface area contributed by atoms with E-state index >= 15 is 0 Å². The van der Waals surface area contributed by atoms with Gasteiger partial charge in [-0.05, 0) is 32.4 Å². The third-order valence-electron chi connectivity index (χ3n) is 3.48. The van der Waals surface area contributed by atoms with Gasteiger partial charge in [-0.2, -0.15) is 0 Å². The summed E-state index contributed by atoms with van der Waals surface area (Å²) in [6.45, 7) is 3.69. The van der Waals surface area contributed by atoms with Gasteiger partial charge in [0.2, 0.25) is 5.91 Å². The van der Waals surface area contributed by atoms with Gasteiger partial charge in [-0.3, -0.25) is 14.5 Å². The number of rotatable bonds is 3. The molecule has 5 nitrogen and oxygen atoms in total. The Morgan fingerprint density at radius 1 is 1.19 bits per heavy atom. The summed E-state index contributed by atoms with van der Waals surface area (Å²) in [6.07, 6.45) is 3.12. The number of carboxylic acids is 1. The lowest BCUT2D eigenvalue weighted by atomic mass is 10.2. The SMILES string of the molecule is O=C(O)CC(=O)N1CCC(N2CCCC2)C1. The molecule has 0 spiro atoms. The first-order chi connectivity index (χ1) is 7.66. The van der Waals surface area contributed by atoms with Crippen molar-refractivity contribution in [2.75, 3.05) is 26.2 Å². The first-order valence-electron chi connectivity index (χ1n) is 5.90. The molecular weight excluding hydrogens is 208 g/mol. The number of aliphatic carboxylic acids is 1. The summed E-state index contributed by atoms with van der Waals surface area (Å²) in [5, 5.41) is 8.56. The Balaban J connectivity index is 1.82. The Morgan fingerprint density at radius 3 is 2.50 bits per heavy atom. The molecule has 1 amide bonds. The fourth-order valence-corrected chi connectivity index (χ4v) is 2.61. The van der Waals surface area contributed by atoms with Crippen molar-refractivity contribution in [3.05, 3.63) is 0 Å². The molecule has 0 aliphatic carbocycles. The van der Waals surface area contributed by atoms with E-state index in [4.69, 9.17) is 5.11 Å². The van der Waals surface area contributed by atoms with E-state index in [0.29, 0.717) is 19.1 Å². The molecule has 0 aromatic carbocycles. The van der Waals surface area contributed by atoms with Crippen LogP contribution in [-0.4, -0.2) is 59.0 Å². The van der Waals surface area contributed by atoms with Gasteiger partial charge in [-0.15, -0.1) is 0 Å². The molecule has 2 fully saturated rings. The van der Waals surface area contributed by atoms with E-state index in [9.17, 15) is 9.59 Å². The maximum atomic E-state index is 11.5. The second-order valence-electron chi connectivity index (χ2n) is 4.60. The van der Waals surface area contributed by atoms with Gasteiger partial charge in [-0.25, -0.2) is 0 Å². The standard InChI is InChI=1S/C11H18N2O3/c14-10(7-11(15)16)13-6-3-9(8-13)12-4-1-2-5-12/h9H,1-8H2,(H,15,16). The highest BCUT2D eigenvalue weighted by Gasteiger charge is 2.31. The zero-order valence-corrected chi connectivity index (χ0v) is 9.39. The molecule has 16 heavy (non-hydrogen) atoms. The van der Waals surface area contributed by atoms with E-state index in [-0.39, 0.29) is 12.3 Å². The molecule has 0 bridgehead atoms. The Morgan fingerprint density at radius 2 is 1.88 bits per heavy atom. The van der Waals surface area contributed by atoms with Gasteiger partial charge in [0.05, 0.1) is 0 Å². The summed E-state index contributed by atoms with van der Waals surface area (Å²) in [6, 6.07) is 0.459. The van der Waals surface area contributed by atoms with Crippen molar-refractivity contribution in [1.29, 1.82) is 0 Å². The molecule has 1 unspecified atom stereocenters. The molecule has 1 N–H and O–H groups in total. The van der Waals surface area contributed by atoms with Gasteiger partial charge in [0.25, 0.3) is 0 Å². The van der Waals surface area contributed by atoms with Gasteiger partial charge in [0.15, 0.2) is 0 Å². The van der Waals surface area contributed by atoms with Crippen LogP contribution < -0.4 is 0 Å². The van der Waals surface area contributed by atoms with Crippen molar-refractivity contribution in [2.24, 2.45) is 0 Å². The number of carbonyl (C=O) groups excluding carboxylic acids is 1. The Kier molecular flexibility index (Phi) is 3.43. The average molecular weight is 226 g/mol. The number of nitrogens with zero attached hydrogens (tertiary/aromatic N) is 2. The zero-order valence-electron chi connectivity index (χ0n) is 9.39. The normalized spacial score (nSPS) is 26.2. The first-order valence-corrected chi connectivity index (χ1v) is 5.90. The molecule has 0 saturated carbocycles. The molecule has 5 heteroatoms. The lowest BCUT2D eigenvalue weighted by molar-refractivity contribution is -0.143. The maximum Gasteiger partial charge on any atom is 0.312 e. The van der Waals surface area contributed by atoms with Gasteiger partial charge < -0.3 is 10.0 Å². The molecule has 2 aliphatic heterocycles. The minimum Gasteiger partial charge on any atom is -0.481 e. The van der Waals surface area contributed by atoms with Gasteiger partial charge in [0, 0.05) is 19.1 Å². The molecule has 2 saturated heterocycles. The van der Waals surface area contributed by atoms with E-state index in [1.54, 1.807) is 4.90 Å². The fraction of sp³-hybridized carbons (Fsp3) is 0.818. The minimum absolute atomic E-state index is 0.241. The van der Waals surface area contributed by atoms with E-state index in [1.165, 1.54) is 12.8 Å². The number of amides is 1. The Bertz CT molecular complexity index is 287. The van der Waals surface area contributed by atoms with Crippen LogP contribution in [0.15, 0.2) is 0 Å². The van der Waals surface area contributed by atoms with E-state index in [2.05, 4.69) is 4.90 Å². The van der Waals surface area contributed by atoms with Crippen LogP contribution in [0.4, 0.5) is 0 Å². The second-order valence-corrected chi connectivity index (χ2v) is 4.60. The highest BCUT2D eigenvalue weighted by atomic mass is 16.4. The summed E-state index contributed by atoms with van der Waals surface area (Å²) in [5.41, 5.74) is 0. The van der Waals surface area contributed by atoms with Crippen LogP contribution in [0.1, 0.15) is 25.7 Å². The Hall–Kier alpha value is -1.10. The molecule has 0 radical (unpaired) electrons. The van der Waals surface area contributed by atoms with Gasteiger partial charge in [-0.1, -0.05) is 0 Å². The summed E-state index contributed by atoms with van der Waals surface area (Å²) in [7, 11) is 0. The fourth-order valence-electron chi connectivity index (χ4n) is 2.61. The molecule has 0 aromatic rings. The van der Waals surface area contributed by atoms with Crippen molar-refractivity contribution in [2.45, 2.75) is 31.7 Å². The topological polar surface area (TPSA) is 60.9 Å². The lowest BCUT2D eigenvalue weighted by Crippen LogP contribution is -2.37. The molecule has 2 rings (SSSR count). The van der Waals surface area contributed by atoms with Crippen LogP contribution in [0.2, 0.25) is 0 Å². The van der Waals surface area contributed by atoms with Crippen molar-refractivity contribution >= 4 is 11.9 Å². The van der Waals surface area contributed by atoms with E-state index in [0.717, 1.165) is 19.5 Å². The monoisotopic (exact) mass is 226 g/mol. The van der Waals surface area contributed by atoms with Crippen molar-refractivity contribution in [3.63, 3.8) is 0 Å². The number of hydrogen-bond acceptors (Lipinski definition) is 3. The summed E-state index contributed by atoms with van der Waals surface area (Å²) >= 11 is 0. The number of hydrogen-bond donors (Lipinski definition) is 1. The van der Waals surface area contributed by atoms with Gasteiger partial charge >= 0.3 is 5.97 Å². The van der Waals surface area contributed by atoms with Crippen LogP contribution in [0, 0.1) is 0 Å². The minimum atomic E-state index is -1.03. The van der Waals surface area contributed by atoms with Crippen molar-refractivity contribution in [1.82, 2.24) is 9.80 Å². The number of carbonyl (C=O) groups is 2. The number of likely N-dealkylation sites (tertiary alicyclic amines) is 2. The Labute approximate surface area is 95.0 Å².